The van der Waals surface area contributed by atoms with Gasteiger partial charge in [0.15, 0.2) is 0 Å². The third-order valence-corrected chi connectivity index (χ3v) is 10.9. The smallest absolute Gasteiger partial charge is 0.873 e. The predicted molar refractivity (Wildman–Crippen MR) is 248 cm³/mol. The summed E-state index contributed by atoms with van der Waals surface area (Å²) in [6.45, 7) is 15.5. The van der Waals surface area contributed by atoms with E-state index >= 15 is 0 Å². The number of aryl methyl sites for hydroxylation is 6. The van der Waals surface area contributed by atoms with Crippen LogP contribution >= 0.6 is 0 Å². The molecule has 58 heavy (non-hydrogen) atoms. The molecule has 0 aliphatic rings. The van der Waals surface area contributed by atoms with Crippen LogP contribution in [0.5, 0.6) is 11.5 Å². The fraction of sp³-hybridized carbons (Fsp3) is 0.623. The zero-order valence-electron chi connectivity index (χ0n) is 38.1. The summed E-state index contributed by atoms with van der Waals surface area (Å²) < 4.78 is 0. The minimum absolute atomic E-state index is 0. The third-order valence-electron chi connectivity index (χ3n) is 10.9. The Morgan fingerprint density at radius 2 is 0.828 bits per heavy atom. The summed E-state index contributed by atoms with van der Waals surface area (Å²) in [6, 6.07) is 17.2. The van der Waals surface area contributed by atoms with E-state index in [-0.39, 0.29) is 28.0 Å². The van der Waals surface area contributed by atoms with Crippen LogP contribution in [0.25, 0.3) is 0 Å². The summed E-state index contributed by atoms with van der Waals surface area (Å²) in [5, 5.41) is 22.1. The molecule has 0 aliphatic carbocycles. The predicted octanol–water partition coefficient (Wildman–Crippen LogP) is 15.2. The van der Waals surface area contributed by atoms with Gasteiger partial charge in [-0.15, -0.1) is 11.5 Å². The molecule has 0 fully saturated rings. The standard InChI is InChI=1S/C42H68N2.C11H16O2.Ni/c1-6-11-16-17-18-23-28-40(44-42-33-38(26-21-14-9-4)30-39(34-42)27-22-15-10-5)35-43-41-31-36(24-19-12-7-2)29-37(32-41)25-20-13-8-3;1-3-5-9-7-11(13)10(12)6-8(9)4-2;/h29-35H,6-28H2,1-5H3;6-7,12-13H,3-5H2,1-2H3;/q;;+2/p-2. The van der Waals surface area contributed by atoms with E-state index in [9.17, 15) is 10.2 Å². The topological polar surface area (TPSA) is 70.8 Å². The molecule has 3 rings (SSSR count). The van der Waals surface area contributed by atoms with Crippen LogP contribution in [0, 0.1) is 0 Å². The number of benzene rings is 3. The Morgan fingerprint density at radius 1 is 0.431 bits per heavy atom. The molecule has 3 aromatic rings. The van der Waals surface area contributed by atoms with Crippen LogP contribution in [0.2, 0.25) is 0 Å². The van der Waals surface area contributed by atoms with Crippen LogP contribution in [0.15, 0.2) is 58.5 Å². The first kappa shape index (κ1) is 53.1. The fourth-order valence-electron chi connectivity index (χ4n) is 7.54. The summed E-state index contributed by atoms with van der Waals surface area (Å²) >= 11 is 0. The van der Waals surface area contributed by atoms with Gasteiger partial charge in [0, 0.05) is 6.21 Å². The van der Waals surface area contributed by atoms with Gasteiger partial charge in [0.2, 0.25) is 0 Å². The van der Waals surface area contributed by atoms with Crippen LogP contribution in [0.4, 0.5) is 11.4 Å². The number of unbranched alkanes of at least 4 members (excludes halogenated alkanes) is 13. The van der Waals surface area contributed by atoms with Crippen molar-refractivity contribution in [2.24, 2.45) is 9.98 Å². The Morgan fingerprint density at radius 3 is 1.26 bits per heavy atom. The summed E-state index contributed by atoms with van der Waals surface area (Å²) in [7, 11) is 0. The molecule has 0 atom stereocenters. The van der Waals surface area contributed by atoms with Gasteiger partial charge in [-0.25, -0.2) is 0 Å². The van der Waals surface area contributed by atoms with E-state index in [1.165, 1.54) is 150 Å². The monoisotopic (exact) mass is 837 g/mol. The van der Waals surface area contributed by atoms with E-state index in [0.717, 1.165) is 79.6 Å². The van der Waals surface area contributed by atoms with Crippen molar-refractivity contribution >= 4 is 23.3 Å². The maximum absolute atomic E-state index is 11.1. The molecule has 5 heteroatoms. The molecular weight excluding hydrogens is 755 g/mol. The van der Waals surface area contributed by atoms with Crippen molar-refractivity contribution in [3.05, 3.63) is 81.9 Å². The van der Waals surface area contributed by atoms with E-state index in [4.69, 9.17) is 9.98 Å². The van der Waals surface area contributed by atoms with E-state index in [2.05, 4.69) is 84.2 Å². The van der Waals surface area contributed by atoms with Gasteiger partial charge >= 0.3 is 16.5 Å². The number of hydrogen-bond acceptors (Lipinski definition) is 4. The van der Waals surface area contributed by atoms with Crippen LogP contribution in [0.1, 0.15) is 210 Å². The van der Waals surface area contributed by atoms with Crippen LogP contribution in [-0.4, -0.2) is 11.9 Å². The Labute approximate surface area is 367 Å². The van der Waals surface area contributed by atoms with E-state index in [1.54, 1.807) is 0 Å². The average molecular weight is 838 g/mol. The Balaban J connectivity index is 0.00000102. The van der Waals surface area contributed by atoms with Crippen molar-refractivity contribution in [2.75, 3.05) is 0 Å². The molecule has 0 amide bonds. The van der Waals surface area contributed by atoms with Crippen molar-refractivity contribution < 1.29 is 26.7 Å². The van der Waals surface area contributed by atoms with Gasteiger partial charge in [-0.3, -0.25) is 9.98 Å². The zero-order chi connectivity index (χ0) is 41.5. The maximum Gasteiger partial charge on any atom is 2.00 e. The molecule has 0 aliphatic heterocycles. The number of nitrogens with zero attached hydrogens (tertiary/aromatic N) is 2. The molecule has 0 spiro atoms. The first-order valence-electron chi connectivity index (χ1n) is 23.7. The minimum atomic E-state index is -0.378. The SMILES string of the molecule is CCCCCCCCC(C=Nc1cc(CCCCC)cc(CCCCC)c1)=Nc1cc(CCCCC)cc(CCCCC)c1.CCCc1cc([O-])c([O-])cc1CC.[Ni+2]. The first-order chi connectivity index (χ1) is 27.8. The molecule has 0 heterocycles. The van der Waals surface area contributed by atoms with E-state index in [0.29, 0.717) is 0 Å². The number of hydrogen-bond donors (Lipinski definition) is 0. The van der Waals surface area contributed by atoms with E-state index < -0.39 is 0 Å². The average Bonchev–Trinajstić information content (AvgIpc) is 3.20. The minimum Gasteiger partial charge on any atom is -0.873 e. The summed E-state index contributed by atoms with van der Waals surface area (Å²) in [6.07, 6.45) is 33.5. The third kappa shape index (κ3) is 23.0. The van der Waals surface area contributed by atoms with Crippen molar-refractivity contribution in [2.45, 2.75) is 215 Å². The van der Waals surface area contributed by atoms with Gasteiger partial charge in [0.25, 0.3) is 0 Å². The summed E-state index contributed by atoms with van der Waals surface area (Å²) in [5.74, 6) is -0.752. The summed E-state index contributed by atoms with van der Waals surface area (Å²) in [4.78, 5) is 10.4. The van der Waals surface area contributed by atoms with Crippen LogP contribution < -0.4 is 10.2 Å². The molecule has 0 aromatic heterocycles. The van der Waals surface area contributed by atoms with Gasteiger partial charge in [-0.1, -0.05) is 163 Å². The quantitative estimate of drug-likeness (QED) is 0.0397. The largest absolute Gasteiger partial charge is 2.00 e. The van der Waals surface area contributed by atoms with E-state index in [1.807, 2.05) is 6.92 Å². The molecule has 0 saturated heterocycles. The van der Waals surface area contributed by atoms with Crippen molar-refractivity contribution in [1.29, 1.82) is 0 Å². The van der Waals surface area contributed by atoms with Crippen molar-refractivity contribution in [3.8, 4) is 11.5 Å². The van der Waals surface area contributed by atoms with Gasteiger partial charge in [-0.05, 0) is 135 Å². The fourth-order valence-corrected chi connectivity index (χ4v) is 7.54. The summed E-state index contributed by atoms with van der Waals surface area (Å²) in [5.41, 5.74) is 11.2. The second-order valence-electron chi connectivity index (χ2n) is 16.4. The van der Waals surface area contributed by atoms with Gasteiger partial charge in [-0.2, -0.15) is 0 Å². The van der Waals surface area contributed by atoms with Gasteiger partial charge < -0.3 is 10.2 Å². The molecule has 4 nitrogen and oxygen atoms in total. The molecule has 326 valence electrons. The zero-order valence-corrected chi connectivity index (χ0v) is 39.1. The first-order valence-corrected chi connectivity index (χ1v) is 23.7. The molecule has 0 bridgehead atoms. The number of rotatable bonds is 29. The Bertz CT molecular complexity index is 1510. The van der Waals surface area contributed by atoms with Crippen molar-refractivity contribution in [3.63, 3.8) is 0 Å². The molecular formula is C53H82N2NiO2. The van der Waals surface area contributed by atoms with Gasteiger partial charge in [0.05, 0.1) is 17.1 Å². The molecule has 0 radical (unpaired) electrons. The molecule has 0 saturated carbocycles. The van der Waals surface area contributed by atoms with Crippen molar-refractivity contribution in [1.82, 2.24) is 0 Å². The van der Waals surface area contributed by atoms with Crippen LogP contribution in [0.3, 0.4) is 0 Å². The molecule has 0 N–H and O–H groups in total. The second-order valence-corrected chi connectivity index (χ2v) is 16.4. The van der Waals surface area contributed by atoms with Gasteiger partial charge in [0.1, 0.15) is 0 Å². The molecule has 0 unspecified atom stereocenters. The second kappa shape index (κ2) is 33.9. The van der Waals surface area contributed by atoms with Crippen LogP contribution in [-0.2, 0) is 55.0 Å². The maximum atomic E-state index is 11.1. The Hall–Kier alpha value is -2.91. The normalized spacial score (nSPS) is 11.5. The Kier molecular flexibility index (Phi) is 31.0. The number of aliphatic imine (C=N–C) groups is 2. The molecule has 3 aromatic carbocycles.